The first-order valence-electron chi connectivity index (χ1n) is 6.44. The van der Waals surface area contributed by atoms with E-state index in [1.807, 2.05) is 39.2 Å². The van der Waals surface area contributed by atoms with Gasteiger partial charge in [0.1, 0.15) is 6.04 Å². The molecule has 0 radical (unpaired) electrons. The van der Waals surface area contributed by atoms with Gasteiger partial charge in [-0.15, -0.1) is 0 Å². The molecule has 2 rings (SSSR count). The maximum absolute atomic E-state index is 12.5. The van der Waals surface area contributed by atoms with Gasteiger partial charge in [-0.1, -0.05) is 22.0 Å². The van der Waals surface area contributed by atoms with Crippen molar-refractivity contribution in [2.24, 2.45) is 0 Å². The molecule has 1 saturated heterocycles. The first-order chi connectivity index (χ1) is 8.99. The highest BCUT2D eigenvalue weighted by Gasteiger charge is 2.27. The van der Waals surface area contributed by atoms with Crippen molar-refractivity contribution in [1.29, 1.82) is 0 Å². The third kappa shape index (κ3) is 3.35. The van der Waals surface area contributed by atoms with Crippen LogP contribution >= 0.6 is 15.9 Å². The SMILES string of the molecule is Cc1ccc(Br)cc1N(C)C(=O)C1CN(C)CCN1. The molecule has 0 aromatic heterocycles. The smallest absolute Gasteiger partial charge is 0.245 e. The highest BCUT2D eigenvalue weighted by molar-refractivity contribution is 9.10. The van der Waals surface area contributed by atoms with Crippen molar-refractivity contribution >= 4 is 27.5 Å². The molecule has 1 amide bonds. The topological polar surface area (TPSA) is 35.6 Å². The molecule has 1 aliphatic rings. The quantitative estimate of drug-likeness (QED) is 0.897. The normalized spacial score (nSPS) is 20.3. The Morgan fingerprint density at radius 3 is 2.95 bits per heavy atom. The lowest BCUT2D eigenvalue weighted by Crippen LogP contribution is -2.56. The van der Waals surface area contributed by atoms with Crippen LogP contribution < -0.4 is 10.2 Å². The van der Waals surface area contributed by atoms with Gasteiger partial charge >= 0.3 is 0 Å². The van der Waals surface area contributed by atoms with Gasteiger partial charge in [-0.05, 0) is 31.7 Å². The third-order valence-electron chi connectivity index (χ3n) is 3.54. The summed E-state index contributed by atoms with van der Waals surface area (Å²) in [6.45, 7) is 4.63. The number of rotatable bonds is 2. The average Bonchev–Trinajstić information content (AvgIpc) is 2.40. The maximum atomic E-state index is 12.5. The second kappa shape index (κ2) is 6.03. The molecular weight excluding hydrogens is 306 g/mol. The van der Waals surface area contributed by atoms with Gasteiger partial charge in [-0.2, -0.15) is 0 Å². The predicted octanol–water partition coefficient (Wildman–Crippen LogP) is 1.62. The zero-order valence-corrected chi connectivity index (χ0v) is 13.2. The molecule has 4 nitrogen and oxygen atoms in total. The number of hydrogen-bond donors (Lipinski definition) is 1. The number of amides is 1. The van der Waals surface area contributed by atoms with Gasteiger partial charge in [0.05, 0.1) is 0 Å². The number of piperazine rings is 1. The Kier molecular flexibility index (Phi) is 4.60. The van der Waals surface area contributed by atoms with E-state index in [-0.39, 0.29) is 11.9 Å². The summed E-state index contributed by atoms with van der Waals surface area (Å²) >= 11 is 3.46. The van der Waals surface area contributed by atoms with Crippen LogP contribution in [0.5, 0.6) is 0 Å². The van der Waals surface area contributed by atoms with Crippen molar-refractivity contribution in [3.63, 3.8) is 0 Å². The Morgan fingerprint density at radius 2 is 2.26 bits per heavy atom. The Bertz CT molecular complexity index is 478. The van der Waals surface area contributed by atoms with Gasteiger partial charge in [0, 0.05) is 36.8 Å². The summed E-state index contributed by atoms with van der Waals surface area (Å²) in [6, 6.07) is 5.87. The summed E-state index contributed by atoms with van der Waals surface area (Å²) in [6.07, 6.45) is 0. The van der Waals surface area contributed by atoms with E-state index in [9.17, 15) is 4.79 Å². The molecule has 1 atom stereocenters. The Labute approximate surface area is 122 Å². The standard InChI is InChI=1S/C14H20BrN3O/c1-10-4-5-11(15)8-13(10)18(3)14(19)12-9-17(2)7-6-16-12/h4-5,8,12,16H,6-7,9H2,1-3H3. The first-order valence-corrected chi connectivity index (χ1v) is 7.24. The molecule has 1 aliphatic heterocycles. The van der Waals surface area contributed by atoms with Gasteiger partial charge in [-0.3, -0.25) is 4.79 Å². The number of carbonyl (C=O) groups excluding carboxylic acids is 1. The molecule has 1 aromatic carbocycles. The summed E-state index contributed by atoms with van der Waals surface area (Å²) in [5.41, 5.74) is 2.05. The zero-order chi connectivity index (χ0) is 14.0. The van der Waals surface area contributed by atoms with E-state index in [4.69, 9.17) is 0 Å². The maximum Gasteiger partial charge on any atom is 0.245 e. The number of aryl methyl sites for hydroxylation is 1. The number of hydrogen-bond acceptors (Lipinski definition) is 3. The Hall–Kier alpha value is -0.910. The van der Waals surface area contributed by atoms with Crippen LogP contribution in [0.1, 0.15) is 5.56 Å². The second-order valence-electron chi connectivity index (χ2n) is 5.10. The lowest BCUT2D eigenvalue weighted by Gasteiger charge is -2.33. The Morgan fingerprint density at radius 1 is 1.53 bits per heavy atom. The van der Waals surface area contributed by atoms with Crippen LogP contribution in [0.3, 0.4) is 0 Å². The summed E-state index contributed by atoms with van der Waals surface area (Å²) in [5.74, 6) is 0.118. The number of nitrogens with zero attached hydrogens (tertiary/aromatic N) is 2. The van der Waals surface area contributed by atoms with Gasteiger partial charge in [0.2, 0.25) is 5.91 Å². The molecule has 1 unspecified atom stereocenters. The number of likely N-dealkylation sites (N-methyl/N-ethyl adjacent to an activating group) is 2. The van der Waals surface area contributed by atoms with E-state index in [0.29, 0.717) is 0 Å². The summed E-state index contributed by atoms with van der Waals surface area (Å²) in [5, 5.41) is 3.29. The minimum atomic E-state index is -0.123. The monoisotopic (exact) mass is 325 g/mol. The molecule has 1 fully saturated rings. The number of anilines is 1. The first kappa shape index (κ1) is 14.5. The molecule has 0 bridgehead atoms. The van der Waals surface area contributed by atoms with Gasteiger partial charge in [0.15, 0.2) is 0 Å². The van der Waals surface area contributed by atoms with Crippen molar-refractivity contribution < 1.29 is 4.79 Å². The van der Waals surface area contributed by atoms with E-state index in [1.165, 1.54) is 0 Å². The van der Waals surface area contributed by atoms with Gasteiger partial charge in [0.25, 0.3) is 0 Å². The fraction of sp³-hybridized carbons (Fsp3) is 0.500. The lowest BCUT2D eigenvalue weighted by molar-refractivity contribution is -0.121. The fourth-order valence-corrected chi connectivity index (χ4v) is 2.71. The van der Waals surface area contributed by atoms with Crippen LogP contribution in [-0.2, 0) is 4.79 Å². The van der Waals surface area contributed by atoms with Crippen LogP contribution in [0.15, 0.2) is 22.7 Å². The second-order valence-corrected chi connectivity index (χ2v) is 6.01. The average molecular weight is 326 g/mol. The van der Waals surface area contributed by atoms with E-state index in [0.717, 1.165) is 35.4 Å². The molecule has 1 heterocycles. The van der Waals surface area contributed by atoms with Crippen LogP contribution in [0.25, 0.3) is 0 Å². The number of nitrogens with one attached hydrogen (secondary N) is 1. The fourth-order valence-electron chi connectivity index (χ4n) is 2.36. The molecule has 1 aromatic rings. The van der Waals surface area contributed by atoms with Crippen molar-refractivity contribution in [3.8, 4) is 0 Å². The molecule has 0 saturated carbocycles. The van der Waals surface area contributed by atoms with Crippen LogP contribution in [0.4, 0.5) is 5.69 Å². The van der Waals surface area contributed by atoms with Crippen molar-refractivity contribution in [1.82, 2.24) is 10.2 Å². The predicted molar refractivity (Wildman–Crippen MR) is 81.6 cm³/mol. The minimum absolute atomic E-state index is 0.118. The summed E-state index contributed by atoms with van der Waals surface area (Å²) in [4.78, 5) is 16.5. The van der Waals surface area contributed by atoms with Crippen LogP contribution in [0, 0.1) is 6.92 Å². The number of carbonyl (C=O) groups is 1. The zero-order valence-electron chi connectivity index (χ0n) is 11.6. The van der Waals surface area contributed by atoms with E-state index < -0.39 is 0 Å². The highest BCUT2D eigenvalue weighted by Crippen LogP contribution is 2.24. The van der Waals surface area contributed by atoms with Crippen molar-refractivity contribution in [3.05, 3.63) is 28.2 Å². The molecule has 5 heteroatoms. The van der Waals surface area contributed by atoms with Crippen molar-refractivity contribution in [2.45, 2.75) is 13.0 Å². The molecule has 0 aliphatic carbocycles. The van der Waals surface area contributed by atoms with Crippen LogP contribution in [-0.4, -0.2) is 50.6 Å². The van der Waals surface area contributed by atoms with Crippen LogP contribution in [0.2, 0.25) is 0 Å². The van der Waals surface area contributed by atoms with Gasteiger partial charge in [-0.25, -0.2) is 0 Å². The molecule has 104 valence electrons. The molecule has 19 heavy (non-hydrogen) atoms. The minimum Gasteiger partial charge on any atom is -0.314 e. The highest BCUT2D eigenvalue weighted by atomic mass is 79.9. The number of benzene rings is 1. The lowest BCUT2D eigenvalue weighted by atomic mass is 10.1. The Balaban J connectivity index is 2.16. The van der Waals surface area contributed by atoms with Crippen molar-refractivity contribution in [2.75, 3.05) is 38.6 Å². The van der Waals surface area contributed by atoms with E-state index in [1.54, 1.807) is 4.90 Å². The number of halogens is 1. The molecule has 1 N–H and O–H groups in total. The summed E-state index contributed by atoms with van der Waals surface area (Å²) in [7, 11) is 3.89. The summed E-state index contributed by atoms with van der Waals surface area (Å²) < 4.78 is 0.987. The van der Waals surface area contributed by atoms with E-state index in [2.05, 4.69) is 26.1 Å². The molecular formula is C14H20BrN3O. The largest absolute Gasteiger partial charge is 0.314 e. The molecule has 0 spiro atoms. The third-order valence-corrected chi connectivity index (χ3v) is 4.03. The van der Waals surface area contributed by atoms with Gasteiger partial charge < -0.3 is 15.1 Å². The van der Waals surface area contributed by atoms with E-state index >= 15 is 0 Å².